The number of hydrogen-bond acceptors (Lipinski definition) is 4. The molecule has 1 aromatic heterocycles. The van der Waals surface area contributed by atoms with Gasteiger partial charge in [0.25, 0.3) is 5.91 Å². The van der Waals surface area contributed by atoms with Crippen molar-refractivity contribution in [3.05, 3.63) is 77.0 Å². The van der Waals surface area contributed by atoms with Crippen LogP contribution in [0, 0.1) is 6.92 Å². The Morgan fingerprint density at radius 1 is 1.03 bits per heavy atom. The topological polar surface area (TPSA) is 49.3 Å². The van der Waals surface area contributed by atoms with E-state index in [1.165, 1.54) is 0 Å². The number of benzene rings is 2. The Bertz CT molecular complexity index is 1060. The van der Waals surface area contributed by atoms with E-state index in [0.29, 0.717) is 13.1 Å². The average Bonchev–Trinajstić information content (AvgIpc) is 2.78. The molecular formula is C25H28N4O. The number of fused-ring (bicyclic) bond motifs is 1. The zero-order chi connectivity index (χ0) is 21.3. The van der Waals surface area contributed by atoms with Crippen LogP contribution in [0.3, 0.4) is 0 Å². The third-order valence-corrected chi connectivity index (χ3v) is 5.84. The first-order chi connectivity index (χ1) is 14.5. The van der Waals surface area contributed by atoms with Crippen LogP contribution >= 0.6 is 0 Å². The number of carbonyl (C=O) groups excluding carboxylic acids is 1. The standard InChI is InChI=1S/C25H28N4O/c1-17(2)28(4)24-21-16-29(25(30)20-13-9-8-10-18(20)3)15-14-22(21)26-23(27-24)19-11-6-5-7-12-19/h5-13,17H,14-16H2,1-4H3. The van der Waals surface area contributed by atoms with Crippen LogP contribution in [0.4, 0.5) is 5.82 Å². The van der Waals surface area contributed by atoms with E-state index in [2.05, 4.69) is 25.8 Å². The van der Waals surface area contributed by atoms with Crippen molar-refractivity contribution < 1.29 is 4.79 Å². The lowest BCUT2D eigenvalue weighted by Crippen LogP contribution is -2.39. The molecule has 0 unspecified atom stereocenters. The molecular weight excluding hydrogens is 372 g/mol. The minimum atomic E-state index is 0.0732. The fraction of sp³-hybridized carbons (Fsp3) is 0.320. The highest BCUT2D eigenvalue weighted by atomic mass is 16.2. The number of nitrogens with zero attached hydrogens (tertiary/aromatic N) is 4. The maximum Gasteiger partial charge on any atom is 0.254 e. The normalized spacial score (nSPS) is 13.3. The van der Waals surface area contributed by atoms with Crippen LogP contribution in [-0.2, 0) is 13.0 Å². The van der Waals surface area contributed by atoms with Gasteiger partial charge in [0, 0.05) is 42.7 Å². The highest BCUT2D eigenvalue weighted by molar-refractivity contribution is 5.95. The minimum absolute atomic E-state index is 0.0732. The van der Waals surface area contributed by atoms with Crippen LogP contribution in [0.2, 0.25) is 0 Å². The number of anilines is 1. The molecule has 4 rings (SSSR count). The highest BCUT2D eigenvalue weighted by Crippen LogP contribution is 2.30. The van der Waals surface area contributed by atoms with E-state index in [-0.39, 0.29) is 11.9 Å². The lowest BCUT2D eigenvalue weighted by molar-refractivity contribution is 0.0733. The third-order valence-electron chi connectivity index (χ3n) is 5.84. The van der Waals surface area contributed by atoms with E-state index in [1.807, 2.05) is 66.4 Å². The first-order valence-electron chi connectivity index (χ1n) is 10.5. The lowest BCUT2D eigenvalue weighted by Gasteiger charge is -2.33. The fourth-order valence-electron chi connectivity index (χ4n) is 3.81. The Morgan fingerprint density at radius 3 is 2.43 bits per heavy atom. The van der Waals surface area contributed by atoms with Gasteiger partial charge in [0.2, 0.25) is 0 Å². The Balaban J connectivity index is 1.74. The summed E-state index contributed by atoms with van der Waals surface area (Å²) in [5.74, 6) is 1.73. The molecule has 0 N–H and O–H groups in total. The molecule has 0 saturated carbocycles. The SMILES string of the molecule is Cc1ccccc1C(=O)N1CCc2nc(-c3ccccc3)nc(N(C)C(C)C)c2C1. The first-order valence-corrected chi connectivity index (χ1v) is 10.5. The van der Waals surface area contributed by atoms with Crippen LogP contribution in [0.5, 0.6) is 0 Å². The summed E-state index contributed by atoms with van der Waals surface area (Å²) in [7, 11) is 2.06. The van der Waals surface area contributed by atoms with Gasteiger partial charge in [0.15, 0.2) is 5.82 Å². The zero-order valence-electron chi connectivity index (χ0n) is 18.1. The highest BCUT2D eigenvalue weighted by Gasteiger charge is 2.28. The molecule has 2 aromatic carbocycles. The lowest BCUT2D eigenvalue weighted by atomic mass is 10.0. The van der Waals surface area contributed by atoms with Crippen molar-refractivity contribution in [3.8, 4) is 11.4 Å². The van der Waals surface area contributed by atoms with Crippen molar-refractivity contribution in [1.29, 1.82) is 0 Å². The van der Waals surface area contributed by atoms with E-state index in [9.17, 15) is 4.79 Å². The van der Waals surface area contributed by atoms with Gasteiger partial charge >= 0.3 is 0 Å². The Kier molecular flexibility index (Phi) is 5.53. The molecule has 0 aliphatic carbocycles. The number of hydrogen-bond donors (Lipinski definition) is 0. The molecule has 0 atom stereocenters. The summed E-state index contributed by atoms with van der Waals surface area (Å²) in [6, 6.07) is 18.2. The van der Waals surface area contributed by atoms with Crippen molar-refractivity contribution in [1.82, 2.24) is 14.9 Å². The Hall–Kier alpha value is -3.21. The number of amides is 1. The van der Waals surface area contributed by atoms with Crippen molar-refractivity contribution in [2.24, 2.45) is 0 Å². The number of rotatable bonds is 4. The Morgan fingerprint density at radius 2 is 1.73 bits per heavy atom. The average molecular weight is 401 g/mol. The van der Waals surface area contributed by atoms with E-state index in [4.69, 9.17) is 9.97 Å². The molecule has 0 radical (unpaired) electrons. The molecule has 5 nitrogen and oxygen atoms in total. The van der Waals surface area contributed by atoms with E-state index in [1.54, 1.807) is 0 Å². The van der Waals surface area contributed by atoms with Gasteiger partial charge < -0.3 is 9.80 Å². The van der Waals surface area contributed by atoms with Crippen LogP contribution in [-0.4, -0.2) is 40.4 Å². The molecule has 0 saturated heterocycles. The first kappa shape index (κ1) is 20.1. The van der Waals surface area contributed by atoms with Crippen LogP contribution in [0.25, 0.3) is 11.4 Å². The van der Waals surface area contributed by atoms with Crippen molar-refractivity contribution >= 4 is 11.7 Å². The molecule has 1 aliphatic heterocycles. The third kappa shape index (κ3) is 3.80. The van der Waals surface area contributed by atoms with Crippen LogP contribution < -0.4 is 4.90 Å². The molecule has 2 heterocycles. The molecule has 5 heteroatoms. The molecule has 154 valence electrons. The smallest absolute Gasteiger partial charge is 0.254 e. The monoisotopic (exact) mass is 400 g/mol. The van der Waals surface area contributed by atoms with Crippen molar-refractivity contribution in [2.75, 3.05) is 18.5 Å². The number of carbonyl (C=O) groups is 1. The van der Waals surface area contributed by atoms with E-state index < -0.39 is 0 Å². The van der Waals surface area contributed by atoms with Gasteiger partial charge in [-0.3, -0.25) is 4.79 Å². The number of aromatic nitrogens is 2. The van der Waals surface area contributed by atoms with E-state index in [0.717, 1.165) is 46.0 Å². The van der Waals surface area contributed by atoms with Crippen LogP contribution in [0.15, 0.2) is 54.6 Å². The van der Waals surface area contributed by atoms with Crippen LogP contribution in [0.1, 0.15) is 41.0 Å². The molecule has 0 fully saturated rings. The zero-order valence-corrected chi connectivity index (χ0v) is 18.1. The van der Waals surface area contributed by atoms with Crippen molar-refractivity contribution in [3.63, 3.8) is 0 Å². The summed E-state index contributed by atoms with van der Waals surface area (Å²) >= 11 is 0. The minimum Gasteiger partial charge on any atom is -0.357 e. The fourth-order valence-corrected chi connectivity index (χ4v) is 3.81. The summed E-state index contributed by atoms with van der Waals surface area (Å²) < 4.78 is 0. The predicted octanol–water partition coefficient (Wildman–Crippen LogP) is 4.50. The molecule has 3 aromatic rings. The summed E-state index contributed by atoms with van der Waals surface area (Å²) in [6.45, 7) is 7.48. The maximum atomic E-state index is 13.2. The number of aryl methyl sites for hydroxylation is 1. The summed E-state index contributed by atoms with van der Waals surface area (Å²) in [5.41, 5.74) is 4.88. The second-order valence-corrected chi connectivity index (χ2v) is 8.16. The Labute approximate surface area is 178 Å². The summed E-state index contributed by atoms with van der Waals surface area (Å²) in [5, 5.41) is 0. The van der Waals surface area contributed by atoms with Gasteiger partial charge in [-0.1, -0.05) is 48.5 Å². The van der Waals surface area contributed by atoms with Gasteiger partial charge in [-0.2, -0.15) is 0 Å². The largest absolute Gasteiger partial charge is 0.357 e. The predicted molar refractivity (Wildman–Crippen MR) is 121 cm³/mol. The molecule has 0 spiro atoms. The van der Waals surface area contributed by atoms with Gasteiger partial charge in [-0.25, -0.2) is 9.97 Å². The maximum absolute atomic E-state index is 13.2. The van der Waals surface area contributed by atoms with Crippen molar-refractivity contribution in [2.45, 2.75) is 39.8 Å². The second-order valence-electron chi connectivity index (χ2n) is 8.16. The quantitative estimate of drug-likeness (QED) is 0.647. The van der Waals surface area contributed by atoms with E-state index >= 15 is 0 Å². The molecule has 30 heavy (non-hydrogen) atoms. The van der Waals surface area contributed by atoms with Gasteiger partial charge in [-0.05, 0) is 32.4 Å². The summed E-state index contributed by atoms with van der Waals surface area (Å²) in [6.07, 6.45) is 0.730. The van der Waals surface area contributed by atoms with Gasteiger partial charge in [0.05, 0.1) is 12.2 Å². The van der Waals surface area contributed by atoms with Gasteiger partial charge in [-0.15, -0.1) is 0 Å². The molecule has 1 aliphatic rings. The summed E-state index contributed by atoms with van der Waals surface area (Å²) in [4.78, 5) is 27.1. The molecule has 1 amide bonds. The second kappa shape index (κ2) is 8.27. The molecule has 0 bridgehead atoms. The van der Waals surface area contributed by atoms with Gasteiger partial charge in [0.1, 0.15) is 5.82 Å².